The molecule has 9 nitrogen and oxygen atoms in total. The van der Waals surface area contributed by atoms with E-state index >= 15 is 0 Å². The summed E-state index contributed by atoms with van der Waals surface area (Å²) in [7, 11) is 1.62. The lowest BCUT2D eigenvalue weighted by molar-refractivity contribution is -0.134. The van der Waals surface area contributed by atoms with Crippen molar-refractivity contribution in [3.05, 3.63) is 54.0 Å². The number of hydrogen-bond donors (Lipinski definition) is 1. The third-order valence-electron chi connectivity index (χ3n) is 5.88. The Morgan fingerprint density at radius 1 is 1.18 bits per heavy atom. The Labute approximate surface area is 198 Å². The molecule has 2 amide bonds. The average molecular weight is 464 g/mol. The molecule has 0 aliphatic carbocycles. The predicted molar refractivity (Wildman–Crippen MR) is 126 cm³/mol. The number of nitrogens with zero attached hydrogens (tertiary/aromatic N) is 4. The lowest BCUT2D eigenvalue weighted by Crippen LogP contribution is -2.43. The van der Waals surface area contributed by atoms with Crippen molar-refractivity contribution in [3.8, 4) is 17.1 Å². The summed E-state index contributed by atoms with van der Waals surface area (Å²) >= 11 is 0. The maximum atomic E-state index is 12.7. The van der Waals surface area contributed by atoms with Crippen LogP contribution in [-0.4, -0.2) is 52.0 Å². The Hall–Kier alpha value is -3.75. The minimum Gasteiger partial charge on any atom is -0.497 e. The van der Waals surface area contributed by atoms with E-state index in [1.807, 2.05) is 43.3 Å². The number of carbonyl (C=O) groups is 2. The normalized spacial score (nSPS) is 15.7. The molecule has 1 aliphatic heterocycles. The van der Waals surface area contributed by atoms with Crippen molar-refractivity contribution >= 4 is 17.6 Å². The van der Waals surface area contributed by atoms with E-state index in [2.05, 4.69) is 20.4 Å². The van der Waals surface area contributed by atoms with Crippen molar-refractivity contribution in [2.45, 2.75) is 39.0 Å². The zero-order valence-corrected chi connectivity index (χ0v) is 19.5. The van der Waals surface area contributed by atoms with Crippen LogP contribution in [0.1, 0.15) is 37.3 Å². The van der Waals surface area contributed by atoms with Crippen molar-refractivity contribution in [1.82, 2.24) is 20.0 Å². The van der Waals surface area contributed by atoms with Gasteiger partial charge < -0.3 is 19.5 Å². The minimum atomic E-state index is -0.233. The first-order valence-corrected chi connectivity index (χ1v) is 11.5. The lowest BCUT2D eigenvalue weighted by atomic mass is 9.96. The Kier molecular flexibility index (Phi) is 7.51. The predicted octanol–water partition coefficient (Wildman–Crippen LogP) is 3.65. The lowest BCUT2D eigenvalue weighted by Gasteiger charge is -2.32. The third kappa shape index (κ3) is 5.98. The molecular formula is C25H29N5O4. The molecule has 1 atom stereocenters. The van der Waals surface area contributed by atoms with Crippen molar-refractivity contribution in [2.75, 3.05) is 25.5 Å². The summed E-state index contributed by atoms with van der Waals surface area (Å²) in [6, 6.07) is 12.9. The average Bonchev–Trinajstić information content (AvgIpc) is 3.33. The second-order valence-corrected chi connectivity index (χ2v) is 8.43. The summed E-state index contributed by atoms with van der Waals surface area (Å²) in [5, 5.41) is 6.90. The van der Waals surface area contributed by atoms with Crippen LogP contribution in [0.3, 0.4) is 0 Å². The number of pyridine rings is 1. The van der Waals surface area contributed by atoms with Crippen LogP contribution in [0.2, 0.25) is 0 Å². The van der Waals surface area contributed by atoms with Gasteiger partial charge in [0.05, 0.1) is 13.0 Å². The Bertz CT molecular complexity index is 1130. The number of aryl methyl sites for hydroxylation is 2. The van der Waals surface area contributed by atoms with Crippen LogP contribution < -0.4 is 10.1 Å². The molecule has 3 aromatic rings. The number of hydrogen-bond acceptors (Lipinski definition) is 7. The Balaban J connectivity index is 1.24. The summed E-state index contributed by atoms with van der Waals surface area (Å²) < 4.78 is 10.5. The highest BCUT2D eigenvalue weighted by Crippen LogP contribution is 2.22. The van der Waals surface area contributed by atoms with Gasteiger partial charge in [-0.25, -0.2) is 4.98 Å². The maximum absolute atomic E-state index is 12.7. The molecule has 4 rings (SSSR count). The van der Waals surface area contributed by atoms with Gasteiger partial charge in [-0.1, -0.05) is 11.2 Å². The van der Waals surface area contributed by atoms with E-state index in [1.54, 1.807) is 18.1 Å². The van der Waals surface area contributed by atoms with Gasteiger partial charge >= 0.3 is 0 Å². The van der Waals surface area contributed by atoms with E-state index < -0.39 is 0 Å². The first-order chi connectivity index (χ1) is 16.5. The molecule has 2 aromatic heterocycles. The van der Waals surface area contributed by atoms with Crippen molar-refractivity contribution in [3.63, 3.8) is 0 Å². The highest BCUT2D eigenvalue weighted by molar-refractivity contribution is 5.92. The molecule has 0 bridgehead atoms. The van der Waals surface area contributed by atoms with E-state index in [-0.39, 0.29) is 17.7 Å². The van der Waals surface area contributed by atoms with E-state index in [0.717, 1.165) is 29.8 Å². The SMILES string of the molecule is COc1ccc(-c2noc(CCCC(=O)N3CCCC(C(=O)Nc4cccc(C)n4)C3)n2)cc1. The number of nitrogens with one attached hydrogen (secondary N) is 1. The van der Waals surface area contributed by atoms with Crippen molar-refractivity contribution < 1.29 is 18.8 Å². The van der Waals surface area contributed by atoms with Crippen molar-refractivity contribution in [2.24, 2.45) is 5.92 Å². The second kappa shape index (κ2) is 10.9. The number of benzene rings is 1. The monoisotopic (exact) mass is 463 g/mol. The molecule has 34 heavy (non-hydrogen) atoms. The van der Waals surface area contributed by atoms with Gasteiger partial charge in [0.15, 0.2) is 0 Å². The smallest absolute Gasteiger partial charge is 0.230 e. The van der Waals surface area contributed by atoms with Crippen LogP contribution >= 0.6 is 0 Å². The molecule has 0 saturated carbocycles. The Morgan fingerprint density at radius 2 is 2.00 bits per heavy atom. The van der Waals surface area contributed by atoms with E-state index in [4.69, 9.17) is 9.26 Å². The summed E-state index contributed by atoms with van der Waals surface area (Å²) in [5.74, 6) is 2.03. The number of ether oxygens (including phenoxy) is 1. The molecule has 178 valence electrons. The number of rotatable bonds is 8. The van der Waals surface area contributed by atoms with E-state index in [1.165, 1.54) is 0 Å². The molecular weight excluding hydrogens is 434 g/mol. The highest BCUT2D eigenvalue weighted by Gasteiger charge is 2.28. The number of piperidine rings is 1. The molecule has 0 spiro atoms. The second-order valence-electron chi connectivity index (χ2n) is 8.43. The molecule has 1 aromatic carbocycles. The van der Waals surface area contributed by atoms with Gasteiger partial charge in [0, 0.05) is 37.2 Å². The first-order valence-electron chi connectivity index (χ1n) is 11.5. The topological polar surface area (TPSA) is 110 Å². The van der Waals surface area contributed by atoms with Crippen LogP contribution in [0.15, 0.2) is 47.0 Å². The number of carbonyl (C=O) groups excluding carboxylic acids is 2. The number of likely N-dealkylation sites (tertiary alicyclic amines) is 1. The quantitative estimate of drug-likeness (QED) is 0.543. The minimum absolute atomic E-state index is 0.0427. The van der Waals surface area contributed by atoms with Crippen LogP contribution in [-0.2, 0) is 16.0 Å². The summed E-state index contributed by atoms with van der Waals surface area (Å²) in [4.78, 5) is 36.0. The fourth-order valence-electron chi connectivity index (χ4n) is 4.02. The van der Waals surface area contributed by atoms with Crippen LogP contribution in [0.5, 0.6) is 5.75 Å². The van der Waals surface area contributed by atoms with Crippen LogP contribution in [0.4, 0.5) is 5.82 Å². The summed E-state index contributed by atoms with van der Waals surface area (Å²) in [6.45, 7) is 2.98. The summed E-state index contributed by atoms with van der Waals surface area (Å²) in [5.41, 5.74) is 1.68. The van der Waals surface area contributed by atoms with Gasteiger partial charge in [-0.05, 0) is 62.6 Å². The fraction of sp³-hybridized carbons (Fsp3) is 0.400. The van der Waals surface area contributed by atoms with Gasteiger partial charge in [-0.2, -0.15) is 4.98 Å². The molecule has 1 aliphatic rings. The zero-order chi connectivity index (χ0) is 23.9. The number of methoxy groups -OCH3 is 1. The van der Waals surface area contributed by atoms with Crippen molar-refractivity contribution in [1.29, 1.82) is 0 Å². The molecule has 1 fully saturated rings. The van der Waals surface area contributed by atoms with E-state index in [9.17, 15) is 9.59 Å². The molecule has 1 N–H and O–H groups in total. The van der Waals surface area contributed by atoms with Crippen LogP contribution in [0, 0.1) is 12.8 Å². The standard InChI is InChI=1S/C25H29N5O4/c1-17-6-3-8-21(26-17)27-25(32)19-7-5-15-30(16-19)23(31)10-4-9-22-28-24(29-34-22)18-11-13-20(33-2)14-12-18/h3,6,8,11-14,19H,4-5,7,9-10,15-16H2,1-2H3,(H,26,27,32). The number of aromatic nitrogens is 3. The molecule has 9 heteroatoms. The van der Waals surface area contributed by atoms with Gasteiger partial charge in [0.1, 0.15) is 11.6 Å². The first kappa shape index (κ1) is 23.4. The third-order valence-corrected chi connectivity index (χ3v) is 5.88. The molecule has 3 heterocycles. The number of anilines is 1. The largest absolute Gasteiger partial charge is 0.497 e. The highest BCUT2D eigenvalue weighted by atomic mass is 16.5. The maximum Gasteiger partial charge on any atom is 0.230 e. The summed E-state index contributed by atoms with van der Waals surface area (Å²) in [6.07, 6.45) is 3.06. The fourth-order valence-corrected chi connectivity index (χ4v) is 4.02. The van der Waals surface area contributed by atoms with Gasteiger partial charge in [-0.15, -0.1) is 0 Å². The van der Waals surface area contributed by atoms with Gasteiger partial charge in [0.25, 0.3) is 0 Å². The molecule has 1 saturated heterocycles. The van der Waals surface area contributed by atoms with Crippen LogP contribution in [0.25, 0.3) is 11.4 Å². The number of amides is 2. The van der Waals surface area contributed by atoms with Gasteiger partial charge in [0.2, 0.25) is 23.5 Å². The molecule has 0 radical (unpaired) electrons. The Morgan fingerprint density at radius 3 is 2.76 bits per heavy atom. The van der Waals surface area contributed by atoms with E-state index in [0.29, 0.717) is 49.9 Å². The molecule has 1 unspecified atom stereocenters. The zero-order valence-electron chi connectivity index (χ0n) is 19.5. The van der Waals surface area contributed by atoms with Gasteiger partial charge in [-0.3, -0.25) is 9.59 Å².